The number of thiophene rings is 1. The maximum absolute atomic E-state index is 4.84. The van der Waals surface area contributed by atoms with E-state index in [0.717, 1.165) is 33.9 Å². The van der Waals surface area contributed by atoms with Gasteiger partial charge in [0.15, 0.2) is 11.0 Å². The van der Waals surface area contributed by atoms with E-state index in [0.29, 0.717) is 6.04 Å². The number of aryl methyl sites for hydroxylation is 1. The van der Waals surface area contributed by atoms with Gasteiger partial charge < -0.3 is 0 Å². The standard InChI is InChI=1S/C21H20N4S3/c1-2-14-5-7-15(8-6-14)20-22-16(12-27-20)13-28-21-24-23-19(18-4-3-11-26-18)25(21)17-9-10-17/h3-8,11-12,17H,2,9-10,13H2,1H3. The number of rotatable bonds is 7. The van der Waals surface area contributed by atoms with Gasteiger partial charge in [0.1, 0.15) is 5.01 Å². The number of aromatic nitrogens is 4. The zero-order chi connectivity index (χ0) is 18.9. The quantitative estimate of drug-likeness (QED) is 0.326. The van der Waals surface area contributed by atoms with Crippen molar-refractivity contribution in [3.05, 3.63) is 58.4 Å². The Kier molecular flexibility index (Phi) is 5.05. The number of benzene rings is 1. The average Bonchev–Trinajstić information content (AvgIpc) is 3.16. The molecule has 0 amide bonds. The second-order valence-electron chi connectivity index (χ2n) is 6.87. The summed E-state index contributed by atoms with van der Waals surface area (Å²) in [5.41, 5.74) is 3.66. The Labute approximate surface area is 176 Å². The summed E-state index contributed by atoms with van der Waals surface area (Å²) in [4.78, 5) is 6.03. The van der Waals surface area contributed by atoms with E-state index in [1.165, 1.54) is 28.8 Å². The molecule has 1 fully saturated rings. The Morgan fingerprint density at radius 3 is 2.68 bits per heavy atom. The first-order chi connectivity index (χ1) is 13.8. The van der Waals surface area contributed by atoms with E-state index in [4.69, 9.17) is 4.98 Å². The molecule has 1 saturated carbocycles. The fraction of sp³-hybridized carbons (Fsp3) is 0.286. The molecule has 0 spiro atoms. The molecule has 0 aliphatic heterocycles. The third-order valence-electron chi connectivity index (χ3n) is 4.83. The molecule has 5 rings (SSSR count). The van der Waals surface area contributed by atoms with Crippen LogP contribution in [0.15, 0.2) is 52.3 Å². The Hall–Kier alpha value is -1.96. The van der Waals surface area contributed by atoms with Crippen LogP contribution in [-0.4, -0.2) is 19.7 Å². The van der Waals surface area contributed by atoms with Crippen molar-refractivity contribution in [1.82, 2.24) is 19.7 Å². The molecule has 0 radical (unpaired) electrons. The van der Waals surface area contributed by atoms with E-state index in [1.54, 1.807) is 34.4 Å². The highest BCUT2D eigenvalue weighted by Gasteiger charge is 2.30. The van der Waals surface area contributed by atoms with Gasteiger partial charge >= 0.3 is 0 Å². The van der Waals surface area contributed by atoms with Gasteiger partial charge in [-0.1, -0.05) is 49.0 Å². The van der Waals surface area contributed by atoms with Crippen molar-refractivity contribution in [3.8, 4) is 21.3 Å². The maximum Gasteiger partial charge on any atom is 0.192 e. The lowest BCUT2D eigenvalue weighted by Crippen LogP contribution is -1.99. The number of thiazole rings is 1. The van der Waals surface area contributed by atoms with E-state index in [1.807, 2.05) is 0 Å². The Morgan fingerprint density at radius 2 is 1.96 bits per heavy atom. The second-order valence-corrected chi connectivity index (χ2v) is 9.62. The molecule has 1 aliphatic carbocycles. The van der Waals surface area contributed by atoms with Crippen molar-refractivity contribution in [2.45, 2.75) is 43.1 Å². The topological polar surface area (TPSA) is 43.6 Å². The summed E-state index contributed by atoms with van der Waals surface area (Å²) < 4.78 is 2.33. The van der Waals surface area contributed by atoms with Crippen LogP contribution in [0.2, 0.25) is 0 Å². The normalized spacial score (nSPS) is 13.9. The highest BCUT2D eigenvalue weighted by molar-refractivity contribution is 7.98. The fourth-order valence-corrected chi connectivity index (χ4v) is 5.67. The summed E-state index contributed by atoms with van der Waals surface area (Å²) in [7, 11) is 0. The number of hydrogen-bond acceptors (Lipinski definition) is 6. The van der Waals surface area contributed by atoms with Crippen LogP contribution >= 0.6 is 34.4 Å². The predicted octanol–water partition coefficient (Wildman–Crippen LogP) is 6.32. The first-order valence-corrected chi connectivity index (χ1v) is 12.2. The van der Waals surface area contributed by atoms with Crippen molar-refractivity contribution in [1.29, 1.82) is 0 Å². The predicted molar refractivity (Wildman–Crippen MR) is 118 cm³/mol. The molecule has 142 valence electrons. The molecule has 1 aliphatic rings. The summed E-state index contributed by atoms with van der Waals surface area (Å²) in [5, 5.41) is 15.3. The van der Waals surface area contributed by atoms with Crippen molar-refractivity contribution in [3.63, 3.8) is 0 Å². The smallest absolute Gasteiger partial charge is 0.192 e. The van der Waals surface area contributed by atoms with Gasteiger partial charge in [-0.05, 0) is 36.3 Å². The largest absolute Gasteiger partial charge is 0.298 e. The zero-order valence-corrected chi connectivity index (χ0v) is 18.0. The Balaban J connectivity index is 1.32. The van der Waals surface area contributed by atoms with E-state index in [2.05, 4.69) is 68.8 Å². The lowest BCUT2D eigenvalue weighted by Gasteiger charge is -2.06. The molecule has 4 aromatic rings. The van der Waals surface area contributed by atoms with E-state index < -0.39 is 0 Å². The molecule has 0 N–H and O–H groups in total. The van der Waals surface area contributed by atoms with Crippen LogP contribution < -0.4 is 0 Å². The Morgan fingerprint density at radius 1 is 1.11 bits per heavy atom. The number of hydrogen-bond donors (Lipinski definition) is 0. The van der Waals surface area contributed by atoms with Crippen LogP contribution in [0.3, 0.4) is 0 Å². The summed E-state index contributed by atoms with van der Waals surface area (Å²) >= 11 is 5.17. The van der Waals surface area contributed by atoms with Crippen LogP contribution in [0.5, 0.6) is 0 Å². The van der Waals surface area contributed by atoms with Crippen molar-refractivity contribution in [2.75, 3.05) is 0 Å². The second kappa shape index (κ2) is 7.81. The van der Waals surface area contributed by atoms with Gasteiger partial charge in [-0.2, -0.15) is 0 Å². The van der Waals surface area contributed by atoms with Crippen LogP contribution in [0, 0.1) is 0 Å². The average molecular weight is 425 g/mol. The van der Waals surface area contributed by atoms with Crippen molar-refractivity contribution in [2.24, 2.45) is 0 Å². The van der Waals surface area contributed by atoms with Gasteiger partial charge in [0, 0.05) is 22.7 Å². The van der Waals surface area contributed by atoms with Crippen molar-refractivity contribution >= 4 is 34.4 Å². The SMILES string of the molecule is CCc1ccc(-c2nc(CSc3nnc(-c4cccs4)n3C3CC3)cs2)cc1. The molecule has 3 heterocycles. The van der Waals surface area contributed by atoms with Crippen LogP contribution in [0.25, 0.3) is 21.3 Å². The third-order valence-corrected chi connectivity index (χ3v) is 7.61. The summed E-state index contributed by atoms with van der Waals surface area (Å²) in [6.07, 6.45) is 3.51. The van der Waals surface area contributed by atoms with Crippen LogP contribution in [-0.2, 0) is 12.2 Å². The van der Waals surface area contributed by atoms with Crippen molar-refractivity contribution < 1.29 is 0 Å². The molecule has 0 unspecified atom stereocenters. The molecule has 0 saturated heterocycles. The van der Waals surface area contributed by atoms with Gasteiger partial charge in [0.05, 0.1) is 10.6 Å². The molecule has 28 heavy (non-hydrogen) atoms. The van der Waals surface area contributed by atoms with Gasteiger partial charge in [-0.25, -0.2) is 4.98 Å². The highest BCUT2D eigenvalue weighted by atomic mass is 32.2. The highest BCUT2D eigenvalue weighted by Crippen LogP contribution is 2.42. The molecule has 0 bridgehead atoms. The molecule has 3 aromatic heterocycles. The first kappa shape index (κ1) is 18.1. The van der Waals surface area contributed by atoms with E-state index >= 15 is 0 Å². The monoisotopic (exact) mass is 424 g/mol. The molecule has 7 heteroatoms. The molecular formula is C21H20N4S3. The van der Waals surface area contributed by atoms with Gasteiger partial charge in [0.25, 0.3) is 0 Å². The summed E-state index contributed by atoms with van der Waals surface area (Å²) in [6.45, 7) is 2.18. The minimum atomic E-state index is 0.553. The molecule has 0 atom stereocenters. The Bertz CT molecular complexity index is 1060. The van der Waals surface area contributed by atoms with Gasteiger partial charge in [-0.3, -0.25) is 4.57 Å². The van der Waals surface area contributed by atoms with Crippen LogP contribution in [0.1, 0.15) is 37.1 Å². The summed E-state index contributed by atoms with van der Waals surface area (Å²) in [5.74, 6) is 1.83. The third kappa shape index (κ3) is 3.66. The lowest BCUT2D eigenvalue weighted by atomic mass is 10.1. The first-order valence-electron chi connectivity index (χ1n) is 9.47. The minimum absolute atomic E-state index is 0.553. The van der Waals surface area contributed by atoms with Crippen LogP contribution in [0.4, 0.5) is 0 Å². The van der Waals surface area contributed by atoms with Gasteiger partial charge in [0.2, 0.25) is 0 Å². The molecule has 4 nitrogen and oxygen atoms in total. The fourth-order valence-electron chi connectivity index (χ4n) is 3.14. The maximum atomic E-state index is 4.84. The molecular weight excluding hydrogens is 404 g/mol. The number of thioether (sulfide) groups is 1. The minimum Gasteiger partial charge on any atom is -0.298 e. The zero-order valence-electron chi connectivity index (χ0n) is 15.5. The summed E-state index contributed by atoms with van der Waals surface area (Å²) in [6, 6.07) is 13.5. The lowest BCUT2D eigenvalue weighted by molar-refractivity contribution is 0.670. The van der Waals surface area contributed by atoms with E-state index in [-0.39, 0.29) is 0 Å². The van der Waals surface area contributed by atoms with E-state index in [9.17, 15) is 0 Å². The molecule has 1 aromatic carbocycles. The number of nitrogens with zero attached hydrogens (tertiary/aromatic N) is 4. The van der Waals surface area contributed by atoms with Gasteiger partial charge in [-0.15, -0.1) is 32.9 Å².